The van der Waals surface area contributed by atoms with Crippen molar-refractivity contribution in [3.05, 3.63) is 121 Å². The van der Waals surface area contributed by atoms with E-state index in [2.05, 4.69) is 54.0 Å². The van der Waals surface area contributed by atoms with Crippen molar-refractivity contribution in [2.24, 2.45) is 0 Å². The van der Waals surface area contributed by atoms with Crippen molar-refractivity contribution >= 4 is 21.8 Å². The molecule has 43 heavy (non-hydrogen) atoms. The van der Waals surface area contributed by atoms with E-state index < -0.39 is 0 Å². The molecule has 0 radical (unpaired) electrons. The molecule has 7 aromatic rings. The number of pyridine rings is 1. The zero-order valence-corrected chi connectivity index (χ0v) is 24.2. The Bertz CT molecular complexity index is 2080. The molecule has 0 spiro atoms. The van der Waals surface area contributed by atoms with Gasteiger partial charge in [0.1, 0.15) is 22.9 Å². The lowest BCUT2D eigenvalue weighted by atomic mass is 10.1. The first kappa shape index (κ1) is 26.3. The molecule has 0 saturated carbocycles. The van der Waals surface area contributed by atoms with Crippen LogP contribution in [0.1, 0.15) is 12.5 Å². The van der Waals surface area contributed by atoms with Gasteiger partial charge in [0, 0.05) is 29.1 Å². The van der Waals surface area contributed by atoms with Crippen molar-refractivity contribution in [3.63, 3.8) is 0 Å². The molecule has 4 aromatic carbocycles. The fourth-order valence-electron chi connectivity index (χ4n) is 5.55. The average Bonchev–Trinajstić information content (AvgIpc) is 3.57. The van der Waals surface area contributed by atoms with Crippen LogP contribution in [0.25, 0.3) is 44.4 Å². The van der Waals surface area contributed by atoms with E-state index in [4.69, 9.17) is 24.3 Å². The third-order valence-electron chi connectivity index (χ3n) is 7.42. The number of nitrogens with zero attached hydrogens (tertiary/aromatic N) is 4. The highest BCUT2D eigenvalue weighted by Crippen LogP contribution is 2.41. The lowest BCUT2D eigenvalue weighted by Gasteiger charge is -2.11. The van der Waals surface area contributed by atoms with Crippen molar-refractivity contribution in [1.82, 2.24) is 19.3 Å². The Hall–Kier alpha value is -5.56. The van der Waals surface area contributed by atoms with Crippen molar-refractivity contribution < 1.29 is 14.2 Å². The number of hydrogen-bond donors (Lipinski definition) is 0. The van der Waals surface area contributed by atoms with Gasteiger partial charge in [0.05, 0.1) is 30.4 Å². The molecule has 0 fully saturated rings. The summed E-state index contributed by atoms with van der Waals surface area (Å²) in [5.74, 6) is 3.36. The van der Waals surface area contributed by atoms with Gasteiger partial charge < -0.3 is 14.2 Å². The second kappa shape index (κ2) is 11.0. The molecule has 7 heteroatoms. The fourth-order valence-corrected chi connectivity index (χ4v) is 5.55. The molecule has 0 bridgehead atoms. The summed E-state index contributed by atoms with van der Waals surface area (Å²) in [6, 6.07) is 36.5. The van der Waals surface area contributed by atoms with Gasteiger partial charge in [-0.1, -0.05) is 54.6 Å². The van der Waals surface area contributed by atoms with Crippen molar-refractivity contribution in [2.75, 3.05) is 13.7 Å². The van der Waals surface area contributed by atoms with Crippen molar-refractivity contribution in [3.8, 4) is 45.9 Å². The topological polar surface area (TPSA) is 63.3 Å². The van der Waals surface area contributed by atoms with Crippen LogP contribution < -0.4 is 14.2 Å². The number of ether oxygens (including phenoxy) is 3. The minimum absolute atomic E-state index is 0.487. The molecule has 212 valence electrons. The van der Waals surface area contributed by atoms with Gasteiger partial charge in [0.2, 0.25) is 11.8 Å². The van der Waals surface area contributed by atoms with Crippen LogP contribution in [-0.2, 0) is 0 Å². The van der Waals surface area contributed by atoms with Crippen LogP contribution in [0.2, 0.25) is 0 Å². The molecule has 0 N–H and O–H groups in total. The summed E-state index contributed by atoms with van der Waals surface area (Å²) in [4.78, 5) is 4.69. The first-order chi connectivity index (χ1) is 21.1. The van der Waals surface area contributed by atoms with E-state index in [0.717, 1.165) is 44.6 Å². The number of rotatable bonds is 8. The van der Waals surface area contributed by atoms with Gasteiger partial charge in [0.25, 0.3) is 0 Å². The number of hydrogen-bond acceptors (Lipinski definition) is 5. The Kier molecular flexibility index (Phi) is 6.75. The second-order valence-electron chi connectivity index (χ2n) is 10.2. The minimum Gasteiger partial charge on any atom is -0.480 e. The largest absolute Gasteiger partial charge is 0.480 e. The zero-order valence-electron chi connectivity index (χ0n) is 24.2. The van der Waals surface area contributed by atoms with Gasteiger partial charge in [0.15, 0.2) is 0 Å². The summed E-state index contributed by atoms with van der Waals surface area (Å²) in [6.07, 6.45) is 1.85. The third-order valence-corrected chi connectivity index (χ3v) is 7.42. The van der Waals surface area contributed by atoms with Crippen LogP contribution >= 0.6 is 0 Å². The molecule has 7 nitrogen and oxygen atoms in total. The maximum Gasteiger partial charge on any atom is 0.245 e. The van der Waals surface area contributed by atoms with Crippen LogP contribution in [0, 0.1) is 6.92 Å². The van der Waals surface area contributed by atoms with E-state index in [9.17, 15) is 0 Å². The monoisotopic (exact) mass is 566 g/mol. The summed E-state index contributed by atoms with van der Waals surface area (Å²) in [5, 5.41) is 7.09. The molecule has 0 aliphatic heterocycles. The Morgan fingerprint density at radius 3 is 2.35 bits per heavy atom. The predicted molar refractivity (Wildman–Crippen MR) is 170 cm³/mol. The van der Waals surface area contributed by atoms with E-state index in [1.165, 1.54) is 5.39 Å². The minimum atomic E-state index is 0.487. The Labute approximate surface area is 249 Å². The lowest BCUT2D eigenvalue weighted by Crippen LogP contribution is -2.01. The summed E-state index contributed by atoms with van der Waals surface area (Å²) < 4.78 is 22.2. The third kappa shape index (κ3) is 4.75. The molecule has 0 amide bonds. The molecule has 0 saturated heterocycles. The van der Waals surface area contributed by atoms with Crippen LogP contribution in [0.3, 0.4) is 0 Å². The molecule has 3 heterocycles. The first-order valence-corrected chi connectivity index (χ1v) is 14.2. The summed E-state index contributed by atoms with van der Waals surface area (Å²) in [6.45, 7) is 4.51. The molecule has 0 atom stereocenters. The Morgan fingerprint density at radius 1 is 0.744 bits per heavy atom. The standard InChI is InChI=1S/C36H30N4O3/c1-4-42-35-34(25-11-6-5-7-12-25)36(41-3)40(38-35)26-13-10-14-27(22-26)43-28-17-18-30-29-15-8-9-16-31(29)39(32(30)23-28)33-21-24(2)19-20-37-33/h5-23H,4H2,1-3H3. The molecule has 3 aromatic heterocycles. The quantitative estimate of drug-likeness (QED) is 0.184. The molecule has 0 aliphatic carbocycles. The van der Waals surface area contributed by atoms with E-state index in [-0.39, 0.29) is 0 Å². The van der Waals surface area contributed by atoms with Gasteiger partial charge in [-0.25, -0.2) is 4.98 Å². The number of para-hydroxylation sites is 1. The zero-order chi connectivity index (χ0) is 29.3. The predicted octanol–water partition coefficient (Wildman–Crippen LogP) is 8.54. The maximum absolute atomic E-state index is 6.46. The molecule has 7 rings (SSSR count). The van der Waals surface area contributed by atoms with Gasteiger partial charge in [-0.2, -0.15) is 4.68 Å². The smallest absolute Gasteiger partial charge is 0.245 e. The van der Waals surface area contributed by atoms with Gasteiger partial charge in [-0.15, -0.1) is 5.10 Å². The molecular weight excluding hydrogens is 536 g/mol. The second-order valence-corrected chi connectivity index (χ2v) is 10.2. The van der Waals surface area contributed by atoms with Crippen molar-refractivity contribution in [2.45, 2.75) is 13.8 Å². The normalized spacial score (nSPS) is 11.2. The first-order valence-electron chi connectivity index (χ1n) is 14.2. The number of aryl methyl sites for hydroxylation is 1. The van der Waals surface area contributed by atoms with Crippen LogP contribution in [-0.4, -0.2) is 33.0 Å². The van der Waals surface area contributed by atoms with E-state index >= 15 is 0 Å². The summed E-state index contributed by atoms with van der Waals surface area (Å²) >= 11 is 0. The van der Waals surface area contributed by atoms with Gasteiger partial charge >= 0.3 is 0 Å². The van der Waals surface area contributed by atoms with Gasteiger partial charge in [-0.3, -0.25) is 4.57 Å². The molecule has 0 unspecified atom stereocenters. The summed E-state index contributed by atoms with van der Waals surface area (Å²) in [5.41, 5.74) is 5.83. The van der Waals surface area contributed by atoms with E-state index in [1.54, 1.807) is 11.8 Å². The highest BCUT2D eigenvalue weighted by Gasteiger charge is 2.23. The molecule has 0 aliphatic rings. The Balaban J connectivity index is 1.30. The van der Waals surface area contributed by atoms with Crippen LogP contribution in [0.4, 0.5) is 0 Å². The maximum atomic E-state index is 6.46. The fraction of sp³-hybridized carbons (Fsp3) is 0.111. The average molecular weight is 567 g/mol. The van der Waals surface area contributed by atoms with E-state index in [1.807, 2.05) is 79.9 Å². The van der Waals surface area contributed by atoms with Crippen molar-refractivity contribution in [1.29, 1.82) is 0 Å². The lowest BCUT2D eigenvalue weighted by molar-refractivity contribution is 0.325. The highest BCUT2D eigenvalue weighted by molar-refractivity contribution is 6.09. The molecular formula is C36H30N4O3. The SMILES string of the molecule is CCOc1nn(-c2cccc(Oc3ccc4c5ccccc5n(-c5cc(C)ccn5)c4c3)c2)c(OC)c1-c1ccccc1. The van der Waals surface area contributed by atoms with Crippen LogP contribution in [0.15, 0.2) is 115 Å². The summed E-state index contributed by atoms with van der Waals surface area (Å²) in [7, 11) is 1.65. The number of methoxy groups -OCH3 is 1. The number of benzene rings is 4. The number of aromatic nitrogens is 4. The highest BCUT2D eigenvalue weighted by atomic mass is 16.5. The van der Waals surface area contributed by atoms with E-state index in [0.29, 0.717) is 29.9 Å². The van der Waals surface area contributed by atoms with Gasteiger partial charge in [-0.05, 0) is 67.4 Å². The Morgan fingerprint density at radius 2 is 1.53 bits per heavy atom. The van der Waals surface area contributed by atoms with Crippen LogP contribution in [0.5, 0.6) is 23.3 Å². The number of fused-ring (bicyclic) bond motifs is 3.